The van der Waals surface area contributed by atoms with Gasteiger partial charge in [-0.05, 0) is 55.7 Å². The van der Waals surface area contributed by atoms with E-state index in [1.807, 2.05) is 31.2 Å². The highest BCUT2D eigenvalue weighted by Gasteiger charge is 2.18. The van der Waals surface area contributed by atoms with E-state index in [1.165, 1.54) is 31.2 Å². The molecule has 3 rings (SSSR count). The molecule has 0 bridgehead atoms. The monoisotopic (exact) mass is 448 g/mol. The molecule has 2 aromatic rings. The largest absolute Gasteiger partial charge is 0.491 e. The standard InChI is InChI=1S/C22H29ClN2O.CH2O2.CH2O/c1-3-21-22(26-12-11-17-5-4-6-18(23)13-17)14-20(15-24-21)25-19-9-7-16(2)8-10-19;2-1-3;1-2/h4-6,13-16,19,25H,3,7-12H2,1-2H3;1H,(H,2,3);1H2. The predicted octanol–water partition coefficient (Wildman–Crippen LogP) is 5.43. The Kier molecular flexibility index (Phi) is 13.0. The van der Waals surface area contributed by atoms with Crippen LogP contribution in [-0.4, -0.2) is 36.0 Å². The maximum atomic E-state index is 8.36. The van der Waals surface area contributed by atoms with Crippen molar-refractivity contribution < 1.29 is 19.4 Å². The van der Waals surface area contributed by atoms with E-state index < -0.39 is 0 Å². The first-order chi connectivity index (χ1) is 15.0. The summed E-state index contributed by atoms with van der Waals surface area (Å²) in [5.41, 5.74) is 3.27. The van der Waals surface area contributed by atoms with E-state index in [2.05, 4.69) is 36.3 Å². The Morgan fingerprint density at radius 3 is 2.55 bits per heavy atom. The number of nitrogens with zero attached hydrogens (tertiary/aromatic N) is 1. The summed E-state index contributed by atoms with van der Waals surface area (Å²) in [6.07, 6.45) is 8.74. The fraction of sp³-hybridized carbons (Fsp3) is 0.458. The van der Waals surface area contributed by atoms with E-state index in [-0.39, 0.29) is 6.47 Å². The topological polar surface area (TPSA) is 88.5 Å². The number of nitrogens with one attached hydrogen (secondary N) is 1. The molecule has 170 valence electrons. The van der Waals surface area contributed by atoms with Gasteiger partial charge in [0.05, 0.1) is 24.2 Å². The number of ether oxygens (including phenoxy) is 1. The maximum Gasteiger partial charge on any atom is 0.290 e. The molecule has 6 nitrogen and oxygen atoms in total. The third kappa shape index (κ3) is 9.83. The van der Waals surface area contributed by atoms with Crippen LogP contribution in [0.2, 0.25) is 5.02 Å². The molecule has 1 heterocycles. The zero-order valence-electron chi connectivity index (χ0n) is 18.4. The number of pyridine rings is 1. The van der Waals surface area contributed by atoms with Crippen molar-refractivity contribution in [3.8, 4) is 5.75 Å². The SMILES string of the molecule is C=O.CCc1ncc(NC2CCC(C)CC2)cc1OCCc1cccc(Cl)c1.O=CO. The van der Waals surface area contributed by atoms with Crippen molar-refractivity contribution in [2.75, 3.05) is 11.9 Å². The number of aryl methyl sites for hydroxylation is 1. The van der Waals surface area contributed by atoms with Crippen LogP contribution < -0.4 is 10.1 Å². The Bertz CT molecular complexity index is 780. The lowest BCUT2D eigenvalue weighted by molar-refractivity contribution is -0.122. The number of aromatic nitrogens is 1. The van der Waals surface area contributed by atoms with Crippen molar-refractivity contribution in [2.24, 2.45) is 5.92 Å². The average Bonchev–Trinajstić information content (AvgIpc) is 2.78. The maximum absolute atomic E-state index is 8.36. The minimum Gasteiger partial charge on any atom is -0.491 e. The Balaban J connectivity index is 0.000000884. The number of benzene rings is 1. The first kappa shape index (κ1) is 26.4. The number of rotatable bonds is 7. The van der Waals surface area contributed by atoms with Crippen LogP contribution in [0.15, 0.2) is 36.5 Å². The van der Waals surface area contributed by atoms with Crippen molar-refractivity contribution >= 4 is 30.5 Å². The van der Waals surface area contributed by atoms with Crippen molar-refractivity contribution in [3.63, 3.8) is 0 Å². The van der Waals surface area contributed by atoms with E-state index in [4.69, 9.17) is 31.0 Å². The average molecular weight is 449 g/mol. The van der Waals surface area contributed by atoms with E-state index in [0.29, 0.717) is 12.6 Å². The number of hydrogen-bond donors (Lipinski definition) is 2. The van der Waals surface area contributed by atoms with Crippen LogP contribution in [0.25, 0.3) is 0 Å². The van der Waals surface area contributed by atoms with Gasteiger partial charge >= 0.3 is 0 Å². The second-order valence-electron chi connectivity index (χ2n) is 7.46. The summed E-state index contributed by atoms with van der Waals surface area (Å²) in [5, 5.41) is 11.3. The first-order valence-corrected chi connectivity index (χ1v) is 10.9. The van der Waals surface area contributed by atoms with Gasteiger partial charge in [0.25, 0.3) is 6.47 Å². The third-order valence-corrected chi connectivity index (χ3v) is 5.42. The molecule has 1 aliphatic rings. The molecule has 0 aliphatic heterocycles. The number of carbonyl (C=O) groups is 2. The smallest absolute Gasteiger partial charge is 0.290 e. The summed E-state index contributed by atoms with van der Waals surface area (Å²) < 4.78 is 6.07. The molecule has 2 N–H and O–H groups in total. The number of halogens is 1. The summed E-state index contributed by atoms with van der Waals surface area (Å²) in [6, 6.07) is 10.6. The Morgan fingerprint density at radius 2 is 1.94 bits per heavy atom. The lowest BCUT2D eigenvalue weighted by Crippen LogP contribution is -2.25. The van der Waals surface area contributed by atoms with Crippen LogP contribution in [0, 0.1) is 5.92 Å². The van der Waals surface area contributed by atoms with Crippen LogP contribution >= 0.6 is 11.6 Å². The number of carboxylic acid groups (broad SMARTS) is 1. The summed E-state index contributed by atoms with van der Waals surface area (Å²) in [4.78, 5) is 21.0. The molecule has 7 heteroatoms. The van der Waals surface area contributed by atoms with E-state index in [9.17, 15) is 0 Å². The molecule has 0 spiro atoms. The van der Waals surface area contributed by atoms with Crippen molar-refractivity contribution in [3.05, 3.63) is 52.8 Å². The van der Waals surface area contributed by atoms with Gasteiger partial charge in [-0.15, -0.1) is 0 Å². The highest BCUT2D eigenvalue weighted by atomic mass is 35.5. The highest BCUT2D eigenvalue weighted by molar-refractivity contribution is 6.30. The van der Waals surface area contributed by atoms with Crippen LogP contribution in [0.3, 0.4) is 0 Å². The molecule has 0 amide bonds. The molecule has 1 aromatic carbocycles. The van der Waals surface area contributed by atoms with Crippen LogP contribution in [0.4, 0.5) is 5.69 Å². The minimum atomic E-state index is -0.250. The Labute approximate surface area is 190 Å². The van der Waals surface area contributed by atoms with Gasteiger partial charge in [0.15, 0.2) is 0 Å². The second kappa shape index (κ2) is 15.2. The molecule has 0 unspecified atom stereocenters. The Hall–Kier alpha value is -2.60. The second-order valence-corrected chi connectivity index (χ2v) is 7.89. The molecule has 1 aromatic heterocycles. The quantitative estimate of drug-likeness (QED) is 0.549. The van der Waals surface area contributed by atoms with Gasteiger partial charge in [-0.3, -0.25) is 9.78 Å². The summed E-state index contributed by atoms with van der Waals surface area (Å²) in [6.45, 7) is 6.83. The van der Waals surface area contributed by atoms with Gasteiger partial charge in [-0.1, -0.05) is 37.6 Å². The lowest BCUT2D eigenvalue weighted by atomic mass is 9.87. The summed E-state index contributed by atoms with van der Waals surface area (Å²) >= 11 is 6.05. The van der Waals surface area contributed by atoms with Gasteiger partial charge in [0, 0.05) is 23.6 Å². The lowest BCUT2D eigenvalue weighted by Gasteiger charge is -2.27. The minimum absolute atomic E-state index is 0.250. The van der Waals surface area contributed by atoms with E-state index in [1.54, 1.807) is 0 Å². The van der Waals surface area contributed by atoms with Crippen molar-refractivity contribution in [1.29, 1.82) is 0 Å². The molecule has 31 heavy (non-hydrogen) atoms. The molecular formula is C24H33ClN2O4. The van der Waals surface area contributed by atoms with Gasteiger partial charge in [0.1, 0.15) is 12.5 Å². The van der Waals surface area contributed by atoms with Gasteiger partial charge in [-0.25, -0.2) is 0 Å². The Morgan fingerprint density at radius 1 is 1.26 bits per heavy atom. The molecule has 0 radical (unpaired) electrons. The van der Waals surface area contributed by atoms with Crippen LogP contribution in [0.5, 0.6) is 5.75 Å². The zero-order chi connectivity index (χ0) is 23.1. The van der Waals surface area contributed by atoms with Crippen molar-refractivity contribution in [2.45, 2.75) is 58.4 Å². The molecule has 0 saturated heterocycles. The van der Waals surface area contributed by atoms with Gasteiger partial charge in [0.2, 0.25) is 0 Å². The third-order valence-electron chi connectivity index (χ3n) is 5.19. The van der Waals surface area contributed by atoms with Gasteiger partial charge in [-0.2, -0.15) is 0 Å². The van der Waals surface area contributed by atoms with Crippen LogP contribution in [0.1, 0.15) is 50.8 Å². The van der Waals surface area contributed by atoms with Crippen molar-refractivity contribution in [1.82, 2.24) is 4.98 Å². The molecule has 0 atom stereocenters. The summed E-state index contributed by atoms with van der Waals surface area (Å²) in [5.74, 6) is 1.75. The summed E-state index contributed by atoms with van der Waals surface area (Å²) in [7, 11) is 0. The highest BCUT2D eigenvalue weighted by Crippen LogP contribution is 2.28. The molecule has 1 saturated carbocycles. The predicted molar refractivity (Wildman–Crippen MR) is 125 cm³/mol. The normalized spacial score (nSPS) is 17.3. The number of hydrogen-bond acceptors (Lipinski definition) is 5. The zero-order valence-corrected chi connectivity index (χ0v) is 19.1. The van der Waals surface area contributed by atoms with E-state index in [0.717, 1.165) is 40.9 Å². The molecular weight excluding hydrogens is 416 g/mol. The molecule has 1 aliphatic carbocycles. The van der Waals surface area contributed by atoms with Crippen LogP contribution in [-0.2, 0) is 22.4 Å². The molecule has 1 fully saturated rings. The first-order valence-electron chi connectivity index (χ1n) is 10.5. The van der Waals surface area contributed by atoms with E-state index >= 15 is 0 Å². The number of anilines is 1. The van der Waals surface area contributed by atoms with Gasteiger partial charge < -0.3 is 20.0 Å². The fourth-order valence-electron chi connectivity index (χ4n) is 3.55. The number of carbonyl (C=O) groups excluding carboxylic acids is 1. The fourth-order valence-corrected chi connectivity index (χ4v) is 3.77.